The topological polar surface area (TPSA) is 119 Å². The third-order valence-corrected chi connectivity index (χ3v) is 6.50. The van der Waals surface area contributed by atoms with Gasteiger partial charge in [0.15, 0.2) is 6.10 Å². The maximum absolute atomic E-state index is 14.7. The van der Waals surface area contributed by atoms with Crippen molar-refractivity contribution in [2.24, 2.45) is 11.5 Å². The van der Waals surface area contributed by atoms with Crippen LogP contribution in [0.2, 0.25) is 0 Å². The molecule has 2 aromatic rings. The molecule has 0 bridgehead atoms. The van der Waals surface area contributed by atoms with E-state index in [-0.39, 0.29) is 37.9 Å². The zero-order valence-corrected chi connectivity index (χ0v) is 22.6. The van der Waals surface area contributed by atoms with E-state index in [4.69, 9.17) is 16.2 Å². The van der Waals surface area contributed by atoms with Crippen molar-refractivity contribution >= 4 is 12.0 Å². The fourth-order valence-electron chi connectivity index (χ4n) is 4.41. The van der Waals surface area contributed by atoms with Crippen molar-refractivity contribution < 1.29 is 32.6 Å². The van der Waals surface area contributed by atoms with Gasteiger partial charge in [-0.2, -0.15) is 0 Å². The van der Waals surface area contributed by atoms with Crippen molar-refractivity contribution in [3.63, 3.8) is 0 Å². The number of aliphatic hydroxyl groups excluding tert-OH is 1. The average molecular weight is 552 g/mol. The average Bonchev–Trinajstić information content (AvgIpc) is 2.86. The van der Waals surface area contributed by atoms with E-state index in [1.807, 2.05) is 32.0 Å². The van der Waals surface area contributed by atoms with Gasteiger partial charge in [-0.25, -0.2) is 18.0 Å². The van der Waals surface area contributed by atoms with E-state index in [2.05, 4.69) is 0 Å². The normalized spacial score (nSPS) is 14.3. The summed E-state index contributed by atoms with van der Waals surface area (Å²) < 4.78 is 47.0. The largest absolute Gasteiger partial charge is 0.436 e. The van der Waals surface area contributed by atoms with Crippen LogP contribution in [0.15, 0.2) is 42.5 Å². The van der Waals surface area contributed by atoms with Gasteiger partial charge in [-0.3, -0.25) is 4.79 Å². The Bertz CT molecular complexity index is 1050. The summed E-state index contributed by atoms with van der Waals surface area (Å²) in [6.07, 6.45) is -2.54. The van der Waals surface area contributed by atoms with Gasteiger partial charge in [0.1, 0.15) is 17.8 Å². The molecular weight excluding hydrogens is 511 g/mol. The van der Waals surface area contributed by atoms with Crippen LogP contribution in [0.5, 0.6) is 0 Å². The monoisotopic (exact) mass is 551 g/mol. The quantitative estimate of drug-likeness (QED) is 0.264. The molecule has 0 saturated heterocycles. The maximum Gasteiger partial charge on any atom is 0.405 e. The third kappa shape index (κ3) is 11.3. The summed E-state index contributed by atoms with van der Waals surface area (Å²) in [5.41, 5.74) is 13.4. The van der Waals surface area contributed by atoms with Crippen LogP contribution in [0.1, 0.15) is 62.6 Å². The van der Waals surface area contributed by atoms with Crippen LogP contribution >= 0.6 is 0 Å². The molecule has 5 N–H and O–H groups in total. The third-order valence-electron chi connectivity index (χ3n) is 6.50. The first-order chi connectivity index (χ1) is 18.5. The molecule has 0 aliphatic carbocycles. The molecule has 1 unspecified atom stereocenters. The van der Waals surface area contributed by atoms with Crippen LogP contribution in [0, 0.1) is 11.6 Å². The van der Waals surface area contributed by atoms with Gasteiger partial charge in [0.25, 0.3) is 5.91 Å². The Morgan fingerprint density at radius 2 is 1.69 bits per heavy atom. The fourth-order valence-corrected chi connectivity index (χ4v) is 4.41. The molecule has 4 atom stereocenters. The number of rotatable bonds is 16. The Hall–Kier alpha value is -3.11. The maximum atomic E-state index is 14.7. The molecule has 0 aliphatic heterocycles. The van der Waals surface area contributed by atoms with Crippen LogP contribution < -0.4 is 11.5 Å². The molecule has 2 rings (SSSR count). The highest BCUT2D eigenvalue weighted by Crippen LogP contribution is 2.19. The Morgan fingerprint density at radius 3 is 2.31 bits per heavy atom. The highest BCUT2D eigenvalue weighted by atomic mass is 19.1. The number of benzene rings is 2. The van der Waals surface area contributed by atoms with E-state index in [1.165, 1.54) is 4.90 Å². The van der Waals surface area contributed by atoms with Gasteiger partial charge in [-0.15, -0.1) is 0 Å². The summed E-state index contributed by atoms with van der Waals surface area (Å²) >= 11 is 0. The number of hydrogen-bond acceptors (Lipinski definition) is 5. The zero-order chi connectivity index (χ0) is 28.9. The molecule has 0 heterocycles. The van der Waals surface area contributed by atoms with Gasteiger partial charge in [0.2, 0.25) is 0 Å². The number of nitrogens with zero attached hydrogens (tertiary/aromatic N) is 1. The smallest absolute Gasteiger partial charge is 0.405 e. The van der Waals surface area contributed by atoms with Crippen molar-refractivity contribution in [2.75, 3.05) is 6.54 Å². The molecule has 0 aromatic heterocycles. The minimum atomic E-state index is -1.49. The van der Waals surface area contributed by atoms with Gasteiger partial charge >= 0.3 is 6.09 Å². The van der Waals surface area contributed by atoms with E-state index in [0.29, 0.717) is 6.42 Å². The molecule has 0 aliphatic rings. The number of carbonyl (C=O) groups excluding carboxylic acids is 2. The number of unbranched alkanes of at least 4 members (excludes halogenated alkanes) is 2. The molecule has 7 nitrogen and oxygen atoms in total. The minimum absolute atomic E-state index is 0.0243. The highest BCUT2D eigenvalue weighted by Gasteiger charge is 2.32. The van der Waals surface area contributed by atoms with Crippen LogP contribution in [0.25, 0.3) is 0 Å². The number of aliphatic hydroxyl groups is 1. The summed E-state index contributed by atoms with van der Waals surface area (Å²) in [4.78, 5) is 26.4. The fraction of sp³-hybridized carbons (Fsp3) is 0.517. The summed E-state index contributed by atoms with van der Waals surface area (Å²) in [5, 5.41) is 10.9. The first-order valence-corrected chi connectivity index (χ1v) is 13.4. The number of carbonyl (C=O) groups is 2. The number of halogens is 3. The van der Waals surface area contributed by atoms with Crippen LogP contribution in [-0.4, -0.2) is 53.0 Å². The van der Waals surface area contributed by atoms with Crippen LogP contribution in [0.3, 0.4) is 0 Å². The SMILES string of the molecule is CCCCCC(F)C[C@@H](OC(N)=O)C(=O)N(Cc1cccc(CC)c1)C[C@@H](O)[C@@H](N)Cc1cc(F)cc(F)c1. The minimum Gasteiger partial charge on any atom is -0.436 e. The Morgan fingerprint density at radius 1 is 1.03 bits per heavy atom. The van der Waals surface area contributed by atoms with Crippen molar-refractivity contribution in [1.82, 2.24) is 4.90 Å². The van der Waals surface area contributed by atoms with Crippen molar-refractivity contribution in [3.8, 4) is 0 Å². The second-order valence-corrected chi connectivity index (χ2v) is 9.86. The Balaban J connectivity index is 2.26. The number of alkyl halides is 1. The highest BCUT2D eigenvalue weighted by molar-refractivity contribution is 5.83. The van der Waals surface area contributed by atoms with Crippen molar-refractivity contribution in [2.45, 2.75) is 89.8 Å². The molecule has 39 heavy (non-hydrogen) atoms. The van der Waals surface area contributed by atoms with Gasteiger partial charge in [-0.05, 0) is 48.1 Å². The number of ether oxygens (including phenoxy) is 1. The molecule has 2 aromatic carbocycles. The predicted octanol–water partition coefficient (Wildman–Crippen LogP) is 4.56. The van der Waals surface area contributed by atoms with Crippen LogP contribution in [0.4, 0.5) is 18.0 Å². The molecule has 2 amide bonds. The lowest BCUT2D eigenvalue weighted by atomic mass is 10.00. The van der Waals surface area contributed by atoms with E-state index in [0.717, 1.165) is 48.6 Å². The van der Waals surface area contributed by atoms with Crippen LogP contribution in [-0.2, 0) is 28.9 Å². The number of amides is 2. The molecule has 0 spiro atoms. The van der Waals surface area contributed by atoms with E-state index in [1.54, 1.807) is 6.07 Å². The summed E-state index contributed by atoms with van der Waals surface area (Å²) in [5.74, 6) is -2.27. The molecule has 0 saturated carbocycles. The van der Waals surface area contributed by atoms with Gasteiger partial charge in [-0.1, -0.05) is 57.4 Å². The predicted molar refractivity (Wildman–Crippen MR) is 143 cm³/mol. The second-order valence-electron chi connectivity index (χ2n) is 9.86. The van der Waals surface area contributed by atoms with E-state index in [9.17, 15) is 27.9 Å². The number of primary amides is 1. The molecule has 0 radical (unpaired) electrons. The zero-order valence-electron chi connectivity index (χ0n) is 22.6. The number of hydrogen-bond donors (Lipinski definition) is 3. The summed E-state index contributed by atoms with van der Waals surface area (Å²) in [6.45, 7) is 3.70. The second kappa shape index (κ2) is 16.1. The number of nitrogens with two attached hydrogens (primary N) is 2. The van der Waals surface area contributed by atoms with Crippen molar-refractivity contribution in [1.29, 1.82) is 0 Å². The molecule has 216 valence electrons. The first-order valence-electron chi connectivity index (χ1n) is 13.4. The molecule has 10 heteroatoms. The van der Waals surface area contributed by atoms with E-state index >= 15 is 0 Å². The molecular formula is C29H40F3N3O4. The Labute approximate surface area is 228 Å². The molecule has 0 fully saturated rings. The van der Waals surface area contributed by atoms with Gasteiger partial charge < -0.3 is 26.2 Å². The standard InChI is InChI=1S/C29H40F3N3O4/c1-3-5-6-10-22(30)16-27(39-29(34)38)28(37)35(17-20-9-7-8-19(4-2)11-20)18-26(36)25(33)14-21-12-23(31)15-24(32)13-21/h7-9,11-13,15,22,25-27,36H,3-6,10,14,16-18,33H2,1-2H3,(H2,34,38)/t22?,25-,26+,27+/m0/s1. The lowest BCUT2D eigenvalue weighted by Crippen LogP contribution is -2.50. The lowest BCUT2D eigenvalue weighted by Gasteiger charge is -2.31. The first kappa shape index (κ1) is 32.1. The lowest BCUT2D eigenvalue weighted by molar-refractivity contribution is -0.143. The van der Waals surface area contributed by atoms with Gasteiger partial charge in [0, 0.05) is 31.6 Å². The van der Waals surface area contributed by atoms with E-state index < -0.39 is 48.1 Å². The Kier molecular flexibility index (Phi) is 13.3. The van der Waals surface area contributed by atoms with Gasteiger partial charge in [0.05, 0.1) is 6.10 Å². The van der Waals surface area contributed by atoms with Crippen molar-refractivity contribution in [3.05, 3.63) is 70.8 Å². The number of aryl methyl sites for hydroxylation is 1. The summed E-state index contributed by atoms with van der Waals surface area (Å²) in [7, 11) is 0. The summed E-state index contributed by atoms with van der Waals surface area (Å²) in [6, 6.07) is 9.44.